The van der Waals surface area contributed by atoms with E-state index in [1.165, 1.54) is 12.3 Å². The molecule has 0 aliphatic carbocycles. The molecule has 1 unspecified atom stereocenters. The molecule has 2 rings (SSSR count). The Morgan fingerprint density at radius 3 is 2.93 bits per heavy atom. The summed E-state index contributed by atoms with van der Waals surface area (Å²) in [7, 11) is 0. The van der Waals surface area contributed by atoms with E-state index in [1.807, 2.05) is 0 Å². The molecule has 1 saturated heterocycles. The lowest BCUT2D eigenvalue weighted by atomic mass is 10.2. The molecule has 7 heteroatoms. The lowest BCUT2D eigenvalue weighted by molar-refractivity contribution is -0.132. The summed E-state index contributed by atoms with van der Waals surface area (Å²) < 4.78 is 5.55. The highest BCUT2D eigenvalue weighted by Gasteiger charge is 2.34. The molecule has 0 spiro atoms. The van der Waals surface area contributed by atoms with Gasteiger partial charge in [-0.2, -0.15) is 0 Å². The molecule has 0 saturated carbocycles. The van der Waals surface area contributed by atoms with Gasteiger partial charge in [0.1, 0.15) is 0 Å². The maximum Gasteiger partial charge on any atom is 0.345 e. The van der Waals surface area contributed by atoms with E-state index >= 15 is 0 Å². The minimum atomic E-state index is -0.771. The number of esters is 1. The number of carbonyl (C=O) groups excluding carboxylic acids is 2. The second-order valence-electron chi connectivity index (χ2n) is 2.85. The zero-order valence-corrected chi connectivity index (χ0v) is 8.12. The minimum absolute atomic E-state index is 0.0114. The van der Waals surface area contributed by atoms with E-state index in [4.69, 9.17) is 17.5 Å². The first-order valence-electron chi connectivity index (χ1n) is 3.99. The number of nitrogens with one attached hydrogen (secondary N) is 1. The highest BCUT2D eigenvalue weighted by atomic mass is 35.5. The molecule has 0 radical (unpaired) electrons. The van der Waals surface area contributed by atoms with Crippen molar-refractivity contribution in [2.75, 3.05) is 0 Å². The van der Waals surface area contributed by atoms with Crippen LogP contribution in [0.2, 0.25) is 0 Å². The average Bonchev–Trinajstić information content (AvgIpc) is 2.73. The molecule has 0 aromatic carbocycles. The smallest absolute Gasteiger partial charge is 0.345 e. The van der Waals surface area contributed by atoms with Crippen LogP contribution >= 0.6 is 11.8 Å². The fraction of sp³-hybridized carbons (Fsp3) is 0.125. The van der Waals surface area contributed by atoms with Crippen LogP contribution in [0.15, 0.2) is 29.3 Å². The minimum Gasteiger partial charge on any atom is -0.431 e. The van der Waals surface area contributed by atoms with Crippen molar-refractivity contribution in [2.24, 2.45) is 5.73 Å². The number of nitrogens with two attached hydrogens (primary N) is 1. The zero-order valence-electron chi connectivity index (χ0n) is 7.36. The molecule has 1 fully saturated rings. The van der Waals surface area contributed by atoms with Crippen molar-refractivity contribution >= 4 is 23.7 Å². The predicted molar refractivity (Wildman–Crippen MR) is 50.3 cm³/mol. The maximum absolute atomic E-state index is 11.2. The summed E-state index contributed by atoms with van der Waals surface area (Å²) in [4.78, 5) is 21.9. The molecular weight excluding hydrogens is 222 g/mol. The van der Waals surface area contributed by atoms with Crippen molar-refractivity contribution in [3.8, 4) is 0 Å². The van der Waals surface area contributed by atoms with Crippen LogP contribution in [0.3, 0.4) is 0 Å². The molecule has 3 N–H and O–H groups in total. The van der Waals surface area contributed by atoms with Crippen LogP contribution in [0.4, 0.5) is 0 Å². The van der Waals surface area contributed by atoms with Crippen molar-refractivity contribution in [3.05, 3.63) is 29.3 Å². The molecule has 0 aromatic heterocycles. The fourth-order valence-electron chi connectivity index (χ4n) is 1.30. The van der Waals surface area contributed by atoms with Gasteiger partial charge in [0, 0.05) is 11.8 Å². The van der Waals surface area contributed by atoms with Crippen LogP contribution in [0.25, 0.3) is 0 Å². The third-order valence-electron chi connectivity index (χ3n) is 1.98. The molecule has 2 heterocycles. The van der Waals surface area contributed by atoms with Gasteiger partial charge in [-0.1, -0.05) is 0 Å². The van der Waals surface area contributed by atoms with E-state index in [0.29, 0.717) is 0 Å². The molecule has 6 nitrogen and oxygen atoms in total. The zero-order chi connectivity index (χ0) is 11.0. The van der Waals surface area contributed by atoms with Crippen LogP contribution in [0, 0.1) is 0 Å². The van der Waals surface area contributed by atoms with Crippen molar-refractivity contribution in [1.82, 2.24) is 9.74 Å². The van der Waals surface area contributed by atoms with Crippen LogP contribution in [0.5, 0.6) is 0 Å². The Kier molecular flexibility index (Phi) is 2.24. The van der Waals surface area contributed by atoms with E-state index in [9.17, 15) is 9.59 Å². The van der Waals surface area contributed by atoms with Crippen LogP contribution in [-0.2, 0) is 14.3 Å². The molecule has 1 atom stereocenters. The molecule has 0 bridgehead atoms. The van der Waals surface area contributed by atoms with E-state index in [1.54, 1.807) is 5.94 Å². The molecule has 2 aliphatic heterocycles. The van der Waals surface area contributed by atoms with Crippen LogP contribution in [-0.4, -0.2) is 22.6 Å². The number of cyclic esters (lactones) is 1. The number of rotatable bonds is 0. The Labute approximate surface area is 89.7 Å². The number of halogens is 1. The second-order valence-corrected chi connectivity index (χ2v) is 3.21. The lowest BCUT2D eigenvalue weighted by Gasteiger charge is -2.09. The Balaban J connectivity index is 2.51. The van der Waals surface area contributed by atoms with Gasteiger partial charge >= 0.3 is 5.97 Å². The number of ether oxygens (including phenoxy) is 1. The summed E-state index contributed by atoms with van der Waals surface area (Å²) in [6, 6.07) is 0. The van der Waals surface area contributed by atoms with Crippen molar-refractivity contribution in [3.63, 3.8) is 0 Å². The Hall–Kier alpha value is -1.75. The third-order valence-corrected chi connectivity index (χ3v) is 2.36. The van der Waals surface area contributed by atoms with Gasteiger partial charge in [-0.3, -0.25) is 5.73 Å². The first-order valence-corrected chi connectivity index (χ1v) is 4.33. The van der Waals surface area contributed by atoms with E-state index < -0.39 is 12.3 Å². The standard InChI is InChI=1S/C8H6ClN3O3/c9-12-5(3-13)6(11-8(12)10)4-1-2-15-7(4)14/h1-2,8,11H,10H2. The van der Waals surface area contributed by atoms with Crippen molar-refractivity contribution in [1.29, 1.82) is 0 Å². The third kappa shape index (κ3) is 1.41. The van der Waals surface area contributed by atoms with E-state index in [-0.39, 0.29) is 17.0 Å². The van der Waals surface area contributed by atoms with Gasteiger partial charge in [0.2, 0.25) is 0 Å². The van der Waals surface area contributed by atoms with E-state index in [0.717, 1.165) is 4.42 Å². The maximum atomic E-state index is 11.2. The monoisotopic (exact) mass is 227 g/mol. The van der Waals surface area contributed by atoms with Gasteiger partial charge in [-0.05, 0) is 6.08 Å². The first kappa shape index (κ1) is 9.79. The summed E-state index contributed by atoms with van der Waals surface area (Å²) in [5, 5.41) is 2.68. The molecule has 0 amide bonds. The highest BCUT2D eigenvalue weighted by Crippen LogP contribution is 2.27. The van der Waals surface area contributed by atoms with Gasteiger partial charge in [0.15, 0.2) is 17.9 Å². The summed E-state index contributed by atoms with van der Waals surface area (Å²) in [6.07, 6.45) is 1.87. The van der Waals surface area contributed by atoms with Gasteiger partial charge in [0.05, 0.1) is 17.5 Å². The predicted octanol–water partition coefficient (Wildman–Crippen LogP) is -0.672. The Bertz CT molecular complexity index is 436. The average molecular weight is 228 g/mol. The Morgan fingerprint density at radius 2 is 2.40 bits per heavy atom. The number of hydrogen-bond acceptors (Lipinski definition) is 6. The van der Waals surface area contributed by atoms with E-state index in [2.05, 4.69) is 10.1 Å². The van der Waals surface area contributed by atoms with Gasteiger partial charge < -0.3 is 10.1 Å². The normalized spacial score (nSPS) is 29.2. The van der Waals surface area contributed by atoms with Crippen molar-refractivity contribution in [2.45, 2.75) is 6.29 Å². The second kappa shape index (κ2) is 3.43. The van der Waals surface area contributed by atoms with Gasteiger partial charge in [-0.25, -0.2) is 14.0 Å². The highest BCUT2D eigenvalue weighted by molar-refractivity contribution is 6.16. The van der Waals surface area contributed by atoms with Crippen molar-refractivity contribution < 1.29 is 14.3 Å². The lowest BCUT2D eigenvalue weighted by Crippen LogP contribution is -2.38. The number of carbonyl (C=O) groups is 1. The molecular formula is C8H6ClN3O3. The fourth-order valence-corrected chi connectivity index (χ4v) is 1.47. The molecule has 0 aromatic rings. The quantitative estimate of drug-likeness (QED) is 0.247. The van der Waals surface area contributed by atoms with Gasteiger partial charge in [-0.15, -0.1) is 0 Å². The summed E-state index contributed by atoms with van der Waals surface area (Å²) in [6.45, 7) is 0. The summed E-state index contributed by atoms with van der Waals surface area (Å²) >= 11 is 5.69. The molecule has 78 valence electrons. The summed E-state index contributed by atoms with van der Waals surface area (Å²) in [5.41, 5.74) is 5.94. The largest absolute Gasteiger partial charge is 0.431 e. The Morgan fingerprint density at radius 1 is 1.67 bits per heavy atom. The number of nitrogens with zero attached hydrogens (tertiary/aromatic N) is 1. The van der Waals surface area contributed by atoms with Gasteiger partial charge in [0.25, 0.3) is 0 Å². The topological polar surface area (TPSA) is 84.7 Å². The molecule has 2 aliphatic rings. The first-order chi connectivity index (χ1) is 7.15. The number of hydrogen-bond donors (Lipinski definition) is 2. The molecule has 15 heavy (non-hydrogen) atoms. The summed E-state index contributed by atoms with van der Waals surface area (Å²) in [5.74, 6) is 1.04. The van der Waals surface area contributed by atoms with Crippen LogP contribution in [0.1, 0.15) is 0 Å². The van der Waals surface area contributed by atoms with Crippen LogP contribution < -0.4 is 11.1 Å². The SMILES string of the molecule is NC1NC(=C2C=COC2=O)C(=C=O)N1Cl.